The zero-order valence-corrected chi connectivity index (χ0v) is 12.6. The summed E-state index contributed by atoms with van der Waals surface area (Å²) in [5.41, 5.74) is 1.97. The lowest BCUT2D eigenvalue weighted by Gasteiger charge is -2.31. The van der Waals surface area contributed by atoms with Gasteiger partial charge in [-0.1, -0.05) is 11.3 Å². The second-order valence-corrected chi connectivity index (χ2v) is 5.96. The van der Waals surface area contributed by atoms with Gasteiger partial charge in [0.25, 0.3) is 0 Å². The van der Waals surface area contributed by atoms with Gasteiger partial charge in [-0.15, -0.1) is 5.10 Å². The number of nitrogens with zero attached hydrogens (tertiary/aromatic N) is 5. The molecule has 1 aliphatic heterocycles. The predicted octanol–water partition coefficient (Wildman–Crippen LogP) is 2.31. The number of hydrogen-bond donors (Lipinski definition) is 1. The lowest BCUT2D eigenvalue weighted by atomic mass is 9.95. The monoisotopic (exact) mass is 336 g/mol. The van der Waals surface area contributed by atoms with E-state index in [1.54, 1.807) is 6.20 Å². The summed E-state index contributed by atoms with van der Waals surface area (Å²) < 4.78 is 42.1. The maximum absolute atomic E-state index is 12.9. The minimum Gasteiger partial charge on any atom is -0.314 e. The molecule has 3 aromatic rings. The van der Waals surface area contributed by atoms with Gasteiger partial charge in [0, 0.05) is 25.5 Å². The summed E-state index contributed by atoms with van der Waals surface area (Å²) in [5.74, 6) is -1.36. The Balaban J connectivity index is 1.58. The minimum absolute atomic E-state index is 0.00443. The number of nitrogens with one attached hydrogen (secondary N) is 1. The topological polar surface area (TPSA) is 60.0 Å². The molecule has 0 aliphatic carbocycles. The first kappa shape index (κ1) is 15.1. The summed E-state index contributed by atoms with van der Waals surface area (Å²) in [6.07, 6.45) is 1.16. The van der Waals surface area contributed by atoms with Crippen molar-refractivity contribution in [2.24, 2.45) is 5.92 Å². The van der Waals surface area contributed by atoms with Crippen molar-refractivity contribution in [2.75, 3.05) is 13.1 Å². The Morgan fingerprint density at radius 3 is 2.79 bits per heavy atom. The summed E-state index contributed by atoms with van der Waals surface area (Å²) >= 11 is 0. The van der Waals surface area contributed by atoms with Crippen LogP contribution in [0.25, 0.3) is 17.0 Å². The molecular formula is C15H15F3N6. The van der Waals surface area contributed by atoms with Crippen molar-refractivity contribution in [3.8, 4) is 11.4 Å². The summed E-state index contributed by atoms with van der Waals surface area (Å²) in [5, 5.41) is 10.9. The molecule has 0 radical (unpaired) electrons. The Labute approximate surface area is 135 Å². The third kappa shape index (κ3) is 2.75. The third-order valence-electron chi connectivity index (χ3n) is 4.30. The number of halogens is 3. The maximum Gasteiger partial charge on any atom is 0.393 e. The standard InChI is InChI=1S/C15H15F3N6/c16-15(17,18)10-5-11(7-19-6-10)24-9-13(21-22-24)12-8-23-4-2-1-3-14(23)20-12/h1-4,8-11,19H,5-7H2. The van der Waals surface area contributed by atoms with Gasteiger partial charge in [-0.25, -0.2) is 9.67 Å². The van der Waals surface area contributed by atoms with Crippen LogP contribution in [0.1, 0.15) is 12.5 Å². The quantitative estimate of drug-likeness (QED) is 0.780. The van der Waals surface area contributed by atoms with Gasteiger partial charge in [-0.2, -0.15) is 13.2 Å². The molecule has 1 saturated heterocycles. The van der Waals surface area contributed by atoms with E-state index in [1.807, 2.05) is 35.0 Å². The Morgan fingerprint density at radius 2 is 2.00 bits per heavy atom. The molecule has 3 aromatic heterocycles. The molecule has 0 saturated carbocycles. The fourth-order valence-electron chi connectivity index (χ4n) is 3.00. The van der Waals surface area contributed by atoms with E-state index >= 15 is 0 Å². The smallest absolute Gasteiger partial charge is 0.314 e. The minimum atomic E-state index is -4.20. The zero-order valence-electron chi connectivity index (χ0n) is 12.6. The molecule has 1 N–H and O–H groups in total. The molecule has 2 unspecified atom stereocenters. The van der Waals surface area contributed by atoms with Gasteiger partial charge in [-0.3, -0.25) is 0 Å². The van der Waals surface area contributed by atoms with Crippen LogP contribution in [0.3, 0.4) is 0 Å². The number of piperidine rings is 1. The first-order chi connectivity index (χ1) is 11.5. The van der Waals surface area contributed by atoms with Crippen LogP contribution in [-0.2, 0) is 0 Å². The molecule has 9 heteroatoms. The number of imidazole rings is 1. The van der Waals surface area contributed by atoms with Gasteiger partial charge < -0.3 is 9.72 Å². The molecule has 2 atom stereocenters. The Morgan fingerprint density at radius 1 is 1.12 bits per heavy atom. The van der Waals surface area contributed by atoms with Crippen LogP contribution >= 0.6 is 0 Å². The number of aromatic nitrogens is 5. The Bertz CT molecular complexity index is 819. The van der Waals surface area contributed by atoms with Crippen LogP contribution in [-0.4, -0.2) is 43.6 Å². The van der Waals surface area contributed by atoms with Crippen molar-refractivity contribution < 1.29 is 13.2 Å². The van der Waals surface area contributed by atoms with Crippen molar-refractivity contribution in [1.82, 2.24) is 29.7 Å². The van der Waals surface area contributed by atoms with Crippen molar-refractivity contribution in [3.63, 3.8) is 0 Å². The van der Waals surface area contributed by atoms with Crippen molar-refractivity contribution in [2.45, 2.75) is 18.6 Å². The fraction of sp³-hybridized carbons (Fsp3) is 0.400. The maximum atomic E-state index is 12.9. The molecular weight excluding hydrogens is 321 g/mol. The molecule has 1 aliphatic rings. The predicted molar refractivity (Wildman–Crippen MR) is 80.3 cm³/mol. The first-order valence-corrected chi connectivity index (χ1v) is 7.64. The van der Waals surface area contributed by atoms with Crippen molar-refractivity contribution in [3.05, 3.63) is 36.8 Å². The number of rotatable bonds is 2. The van der Waals surface area contributed by atoms with Gasteiger partial charge in [0.15, 0.2) is 0 Å². The zero-order chi connectivity index (χ0) is 16.7. The van der Waals surface area contributed by atoms with E-state index in [0.717, 1.165) is 5.65 Å². The van der Waals surface area contributed by atoms with Crippen molar-refractivity contribution in [1.29, 1.82) is 0 Å². The first-order valence-electron chi connectivity index (χ1n) is 7.64. The summed E-state index contributed by atoms with van der Waals surface area (Å²) in [6.45, 7) is 0.397. The van der Waals surface area contributed by atoms with E-state index in [0.29, 0.717) is 17.9 Å². The largest absolute Gasteiger partial charge is 0.393 e. The molecule has 126 valence electrons. The lowest BCUT2D eigenvalue weighted by Crippen LogP contribution is -2.43. The molecule has 4 rings (SSSR count). The molecule has 0 amide bonds. The van der Waals surface area contributed by atoms with Crippen LogP contribution in [0.2, 0.25) is 0 Å². The molecule has 0 spiro atoms. The molecule has 4 heterocycles. The molecule has 0 aromatic carbocycles. The highest BCUT2D eigenvalue weighted by Crippen LogP contribution is 2.34. The third-order valence-corrected chi connectivity index (χ3v) is 4.30. The molecule has 0 bridgehead atoms. The van der Waals surface area contributed by atoms with Gasteiger partial charge in [0.05, 0.1) is 18.2 Å². The highest BCUT2D eigenvalue weighted by atomic mass is 19.4. The van der Waals surface area contributed by atoms with E-state index in [2.05, 4.69) is 20.6 Å². The Hall–Kier alpha value is -2.42. The van der Waals surface area contributed by atoms with E-state index in [-0.39, 0.29) is 19.0 Å². The van der Waals surface area contributed by atoms with Crippen LogP contribution < -0.4 is 5.32 Å². The lowest BCUT2D eigenvalue weighted by molar-refractivity contribution is -0.181. The second-order valence-electron chi connectivity index (χ2n) is 5.96. The normalized spacial score (nSPS) is 22.1. The highest BCUT2D eigenvalue weighted by Gasteiger charge is 2.42. The SMILES string of the molecule is FC(F)(F)C1CNCC(n2cc(-c3cn4ccccc4n3)nn2)C1. The molecule has 24 heavy (non-hydrogen) atoms. The second kappa shape index (κ2) is 5.59. The highest BCUT2D eigenvalue weighted by molar-refractivity contribution is 5.57. The number of alkyl halides is 3. The van der Waals surface area contributed by atoms with Crippen LogP contribution in [0.15, 0.2) is 36.8 Å². The number of fused-ring (bicyclic) bond motifs is 1. The van der Waals surface area contributed by atoms with Crippen LogP contribution in [0.5, 0.6) is 0 Å². The summed E-state index contributed by atoms with van der Waals surface area (Å²) in [4.78, 5) is 4.45. The summed E-state index contributed by atoms with van der Waals surface area (Å²) in [6, 6.07) is 5.27. The van der Waals surface area contributed by atoms with E-state index in [1.165, 1.54) is 4.68 Å². The van der Waals surface area contributed by atoms with Gasteiger partial charge in [0.2, 0.25) is 0 Å². The average Bonchev–Trinajstić information content (AvgIpc) is 3.21. The average molecular weight is 336 g/mol. The van der Waals surface area contributed by atoms with Gasteiger partial charge >= 0.3 is 6.18 Å². The van der Waals surface area contributed by atoms with E-state index in [4.69, 9.17) is 0 Å². The van der Waals surface area contributed by atoms with E-state index < -0.39 is 12.1 Å². The van der Waals surface area contributed by atoms with Crippen molar-refractivity contribution >= 4 is 5.65 Å². The van der Waals surface area contributed by atoms with Crippen LogP contribution in [0, 0.1) is 5.92 Å². The number of pyridine rings is 1. The molecule has 6 nitrogen and oxygen atoms in total. The Kier molecular flexibility index (Phi) is 3.52. The molecule has 1 fully saturated rings. The summed E-state index contributed by atoms with van der Waals surface area (Å²) in [7, 11) is 0. The number of hydrogen-bond acceptors (Lipinski definition) is 4. The van der Waals surface area contributed by atoms with E-state index in [9.17, 15) is 13.2 Å². The van der Waals surface area contributed by atoms with Gasteiger partial charge in [0.1, 0.15) is 17.0 Å². The fourth-order valence-corrected chi connectivity index (χ4v) is 3.00. The van der Waals surface area contributed by atoms with Gasteiger partial charge in [-0.05, 0) is 18.6 Å². The van der Waals surface area contributed by atoms with Crippen LogP contribution in [0.4, 0.5) is 13.2 Å².